The number of rotatable bonds is 3. The van der Waals surface area contributed by atoms with Crippen LogP contribution in [0, 0.1) is 17.8 Å². The van der Waals surface area contributed by atoms with E-state index in [-0.39, 0.29) is 54.4 Å². The maximum Gasteiger partial charge on any atom is 0.320 e. The van der Waals surface area contributed by atoms with Crippen LogP contribution in [-0.4, -0.2) is 120 Å². The van der Waals surface area contributed by atoms with Gasteiger partial charge in [0.2, 0.25) is 5.91 Å². The number of halogens is 1. The van der Waals surface area contributed by atoms with Crippen LogP contribution in [0.25, 0.3) is 0 Å². The molecule has 41 heavy (non-hydrogen) atoms. The Hall–Kier alpha value is -2.09. The van der Waals surface area contributed by atoms with Crippen LogP contribution in [0.15, 0.2) is 24.8 Å². The normalized spacial score (nSPS) is 42.1. The Labute approximate surface area is 243 Å². The summed E-state index contributed by atoms with van der Waals surface area (Å²) in [6.45, 7) is 14.2. The monoisotopic (exact) mass is 573 g/mol. The number of hydrogen-bond donors (Lipinski definition) is 5. The Bertz CT molecular complexity index is 1030. The first kappa shape index (κ1) is 29.0. The second-order valence-electron chi connectivity index (χ2n) is 13.1. The van der Waals surface area contributed by atoms with Crippen molar-refractivity contribution in [3.63, 3.8) is 0 Å². The molecule has 0 radical (unpaired) electrons. The molecule has 3 amide bonds. The Morgan fingerprint density at radius 3 is 2.80 bits per heavy atom. The van der Waals surface area contributed by atoms with Crippen molar-refractivity contribution in [2.24, 2.45) is 17.8 Å². The first-order valence-electron chi connectivity index (χ1n) is 15.6. The highest BCUT2D eigenvalue weighted by molar-refractivity contribution is 5.87. The molecule has 11 nitrogen and oxygen atoms in total. The van der Waals surface area contributed by atoms with E-state index in [0.717, 1.165) is 19.4 Å². The van der Waals surface area contributed by atoms with Crippen molar-refractivity contribution in [2.45, 2.75) is 88.7 Å². The van der Waals surface area contributed by atoms with Crippen LogP contribution in [0.4, 0.5) is 9.18 Å². The molecule has 0 aromatic carbocycles. The van der Waals surface area contributed by atoms with Crippen LogP contribution in [0.5, 0.6) is 0 Å². The number of urea groups is 1. The minimum absolute atomic E-state index is 0.0130. The van der Waals surface area contributed by atoms with Crippen molar-refractivity contribution in [2.75, 3.05) is 39.3 Å². The van der Waals surface area contributed by atoms with Gasteiger partial charge in [-0.15, -0.1) is 0 Å². The van der Waals surface area contributed by atoms with Gasteiger partial charge in [0, 0.05) is 50.7 Å². The van der Waals surface area contributed by atoms with E-state index in [4.69, 9.17) is 0 Å². The number of piperidine rings is 2. The molecule has 6 rings (SSSR count). The molecule has 10 atom stereocenters. The predicted octanol–water partition coefficient (Wildman–Crippen LogP) is 0.355. The van der Waals surface area contributed by atoms with Gasteiger partial charge >= 0.3 is 6.03 Å². The van der Waals surface area contributed by atoms with E-state index in [1.54, 1.807) is 0 Å². The van der Waals surface area contributed by atoms with Crippen LogP contribution in [0.2, 0.25) is 0 Å². The summed E-state index contributed by atoms with van der Waals surface area (Å²) in [5.41, 5.74) is 6.45. The minimum Gasteiger partial charge on any atom is -0.336 e. The molecule has 2 bridgehead atoms. The molecule has 0 aromatic heterocycles. The number of hydrogen-bond acceptors (Lipinski definition) is 8. The van der Waals surface area contributed by atoms with Gasteiger partial charge in [-0.25, -0.2) is 19.6 Å². The number of piperazine rings is 1. The molecule has 5 saturated heterocycles. The lowest BCUT2D eigenvalue weighted by Gasteiger charge is -2.59. The summed E-state index contributed by atoms with van der Waals surface area (Å²) < 4.78 is 16.3. The summed E-state index contributed by atoms with van der Waals surface area (Å²) >= 11 is 0. The molecule has 0 aromatic rings. The number of carbonyl (C=O) groups is 2. The zero-order valence-electron chi connectivity index (χ0n) is 24.6. The van der Waals surface area contributed by atoms with Gasteiger partial charge in [-0.1, -0.05) is 32.6 Å². The number of allylic oxidation sites excluding steroid dienone is 1. The smallest absolute Gasteiger partial charge is 0.320 e. The highest BCUT2D eigenvalue weighted by atomic mass is 19.1. The van der Waals surface area contributed by atoms with Crippen molar-refractivity contribution in [3.8, 4) is 0 Å². The van der Waals surface area contributed by atoms with Crippen molar-refractivity contribution in [1.82, 2.24) is 46.6 Å². The van der Waals surface area contributed by atoms with Crippen molar-refractivity contribution >= 4 is 11.9 Å². The zero-order valence-corrected chi connectivity index (χ0v) is 24.6. The molecule has 9 unspecified atom stereocenters. The second-order valence-corrected chi connectivity index (χ2v) is 13.1. The van der Waals surface area contributed by atoms with Gasteiger partial charge in [-0.05, 0) is 50.6 Å². The van der Waals surface area contributed by atoms with Crippen LogP contribution < -0.4 is 26.9 Å². The van der Waals surface area contributed by atoms with E-state index in [0.29, 0.717) is 51.0 Å². The van der Waals surface area contributed by atoms with Gasteiger partial charge in [0.15, 0.2) is 0 Å². The molecule has 6 aliphatic heterocycles. The fraction of sp³-hybridized carbons (Fsp3) is 0.793. The van der Waals surface area contributed by atoms with Crippen LogP contribution in [0.3, 0.4) is 0 Å². The molecule has 0 spiro atoms. The first-order valence-corrected chi connectivity index (χ1v) is 15.6. The molecular weight excluding hydrogens is 525 g/mol. The van der Waals surface area contributed by atoms with Crippen LogP contribution in [-0.2, 0) is 4.79 Å². The van der Waals surface area contributed by atoms with Gasteiger partial charge < -0.3 is 20.4 Å². The topological polar surface area (TPSA) is 107 Å². The summed E-state index contributed by atoms with van der Waals surface area (Å²) in [5.74, 6) is 0.422. The van der Waals surface area contributed by atoms with Gasteiger partial charge in [0.25, 0.3) is 0 Å². The maximum atomic E-state index is 16.3. The third-order valence-electron chi connectivity index (χ3n) is 10.4. The van der Waals surface area contributed by atoms with E-state index in [1.807, 2.05) is 4.90 Å². The van der Waals surface area contributed by atoms with Crippen LogP contribution >= 0.6 is 0 Å². The third-order valence-corrected chi connectivity index (χ3v) is 10.4. The van der Waals surface area contributed by atoms with Gasteiger partial charge in [-0.2, -0.15) is 5.53 Å². The SMILES string of the molecule is C=CC(=O)N1CCN(C2NC(=O)N3C4NC(C(F)CC42)C2CNNN2CC=CCC2CCNC(C(C)C)C23)[C@@H](C)C1. The van der Waals surface area contributed by atoms with Crippen molar-refractivity contribution < 1.29 is 14.0 Å². The average molecular weight is 574 g/mol. The predicted molar refractivity (Wildman–Crippen MR) is 155 cm³/mol. The van der Waals surface area contributed by atoms with Gasteiger partial charge in [0.1, 0.15) is 6.17 Å². The van der Waals surface area contributed by atoms with E-state index in [9.17, 15) is 9.59 Å². The number of nitrogens with one attached hydrogen (secondary N) is 5. The molecule has 5 N–H and O–H groups in total. The van der Waals surface area contributed by atoms with E-state index >= 15 is 4.39 Å². The summed E-state index contributed by atoms with van der Waals surface area (Å²) in [6.07, 6.45) is 6.35. The Kier molecular flexibility index (Phi) is 8.41. The molecule has 0 saturated carbocycles. The number of nitrogens with zero attached hydrogens (tertiary/aromatic N) is 4. The lowest BCUT2D eigenvalue weighted by atomic mass is 9.76. The summed E-state index contributed by atoms with van der Waals surface area (Å²) in [7, 11) is 0. The Balaban J connectivity index is 1.37. The zero-order chi connectivity index (χ0) is 28.8. The fourth-order valence-electron chi connectivity index (χ4n) is 8.41. The molecular formula is C29H48FN9O2. The fourth-order valence-corrected chi connectivity index (χ4v) is 8.41. The second kappa shape index (κ2) is 11.9. The Morgan fingerprint density at radius 2 is 2.05 bits per heavy atom. The number of carbonyl (C=O) groups excluding carboxylic acids is 2. The molecule has 5 fully saturated rings. The number of amides is 3. The summed E-state index contributed by atoms with van der Waals surface area (Å²) in [5, 5.41) is 13.0. The number of fused-ring (bicyclic) bond motifs is 5. The van der Waals surface area contributed by atoms with E-state index < -0.39 is 12.2 Å². The average Bonchev–Trinajstić information content (AvgIpc) is 3.42. The van der Waals surface area contributed by atoms with E-state index in [2.05, 4.69) is 81.2 Å². The maximum absolute atomic E-state index is 16.3. The quantitative estimate of drug-likeness (QED) is 0.243. The molecule has 12 heteroatoms. The number of hydrazine groups is 2. The third kappa shape index (κ3) is 5.31. The van der Waals surface area contributed by atoms with Crippen molar-refractivity contribution in [3.05, 3.63) is 24.8 Å². The molecule has 6 aliphatic rings. The highest BCUT2D eigenvalue weighted by Gasteiger charge is 2.56. The molecule has 228 valence electrons. The molecule has 6 heterocycles. The van der Waals surface area contributed by atoms with Gasteiger partial charge in [-0.3, -0.25) is 15.0 Å². The van der Waals surface area contributed by atoms with Gasteiger partial charge in [0.05, 0.1) is 30.5 Å². The minimum atomic E-state index is -1.07. The van der Waals surface area contributed by atoms with Crippen LogP contribution in [0.1, 0.15) is 40.0 Å². The lowest BCUT2D eigenvalue weighted by Crippen LogP contribution is -2.80. The number of alkyl halides is 1. The lowest BCUT2D eigenvalue weighted by molar-refractivity contribution is -0.132. The molecule has 0 aliphatic carbocycles. The summed E-state index contributed by atoms with van der Waals surface area (Å²) in [6, 6.07) is -0.443. The summed E-state index contributed by atoms with van der Waals surface area (Å²) in [4.78, 5) is 32.8. The van der Waals surface area contributed by atoms with Crippen molar-refractivity contribution in [1.29, 1.82) is 0 Å². The largest absolute Gasteiger partial charge is 0.336 e. The Morgan fingerprint density at radius 1 is 1.22 bits per heavy atom. The van der Waals surface area contributed by atoms with E-state index in [1.165, 1.54) is 6.08 Å². The highest BCUT2D eigenvalue weighted by Crippen LogP contribution is 2.40. The standard InChI is InChI=1S/C29H48FN9O2/c1-5-23(40)36-12-13-37(18(4)16-36)27-20-14-21(30)25-22-15-32-35-38(22)11-7-6-8-19-9-10-31-24(17(2)3)26(19)39(28(20)33-25)29(41)34-27/h5-7,17-22,24-28,31-33,35H,1,8-16H2,2-4H3,(H,34,41)/t18-,19?,20?,21?,22?,24?,25?,26?,27?,28?/m0/s1. The first-order chi connectivity index (χ1) is 19.8.